The molecule has 0 atom stereocenters. The van der Waals surface area contributed by atoms with Crippen LogP contribution in [0.3, 0.4) is 0 Å². The van der Waals surface area contributed by atoms with Gasteiger partial charge < -0.3 is 14.4 Å². The van der Waals surface area contributed by atoms with Crippen LogP contribution in [-0.2, 0) is 9.53 Å². The second-order valence-electron chi connectivity index (χ2n) is 3.92. The lowest BCUT2D eigenvalue weighted by Crippen LogP contribution is -2.13. The Morgan fingerprint density at radius 1 is 1.37 bits per heavy atom. The number of hydrogen-bond acceptors (Lipinski definition) is 5. The number of esters is 2. The van der Waals surface area contributed by atoms with E-state index in [2.05, 4.69) is 6.58 Å². The van der Waals surface area contributed by atoms with Gasteiger partial charge in [0, 0.05) is 31.9 Å². The number of hydrogen-bond donors (Lipinski definition) is 0. The third-order valence-corrected chi connectivity index (χ3v) is 2.35. The minimum Gasteiger partial charge on any atom is -0.462 e. The summed E-state index contributed by atoms with van der Waals surface area (Å²) in [4.78, 5) is 24.9. The van der Waals surface area contributed by atoms with Crippen molar-refractivity contribution in [2.24, 2.45) is 0 Å². The summed E-state index contributed by atoms with van der Waals surface area (Å²) in [6.07, 6.45) is 1.04. The predicted molar refractivity (Wildman–Crippen MR) is 72.6 cm³/mol. The molecule has 19 heavy (non-hydrogen) atoms. The highest BCUT2D eigenvalue weighted by atomic mass is 16.5. The van der Waals surface area contributed by atoms with E-state index in [4.69, 9.17) is 9.47 Å². The Morgan fingerprint density at radius 2 is 2.05 bits per heavy atom. The van der Waals surface area contributed by atoms with Gasteiger partial charge in [0.2, 0.25) is 0 Å². The van der Waals surface area contributed by atoms with Crippen molar-refractivity contribution in [2.45, 2.75) is 6.92 Å². The second kappa shape index (κ2) is 6.58. The zero-order chi connectivity index (χ0) is 14.4. The third kappa shape index (κ3) is 3.84. The van der Waals surface area contributed by atoms with Crippen molar-refractivity contribution < 1.29 is 19.1 Å². The molecule has 0 unspecified atom stereocenters. The zero-order valence-electron chi connectivity index (χ0n) is 11.3. The summed E-state index contributed by atoms with van der Waals surface area (Å²) in [6, 6.07) is 4.92. The van der Waals surface area contributed by atoms with Gasteiger partial charge in [-0.25, -0.2) is 9.59 Å². The van der Waals surface area contributed by atoms with Gasteiger partial charge >= 0.3 is 11.9 Å². The molecule has 0 fully saturated rings. The van der Waals surface area contributed by atoms with Gasteiger partial charge in [0.1, 0.15) is 11.3 Å². The van der Waals surface area contributed by atoms with E-state index in [0.717, 1.165) is 11.8 Å². The van der Waals surface area contributed by atoms with E-state index in [9.17, 15) is 9.59 Å². The Morgan fingerprint density at radius 3 is 2.58 bits per heavy atom. The molecule has 1 aromatic rings. The maximum absolute atomic E-state index is 11.8. The van der Waals surface area contributed by atoms with Crippen LogP contribution in [0.5, 0.6) is 5.75 Å². The van der Waals surface area contributed by atoms with Crippen molar-refractivity contribution in [2.75, 3.05) is 25.6 Å². The van der Waals surface area contributed by atoms with E-state index in [1.54, 1.807) is 25.1 Å². The highest BCUT2D eigenvalue weighted by Gasteiger charge is 2.16. The van der Waals surface area contributed by atoms with Gasteiger partial charge in [0.25, 0.3) is 0 Å². The van der Waals surface area contributed by atoms with Gasteiger partial charge in [0.15, 0.2) is 0 Å². The maximum atomic E-state index is 11.8. The van der Waals surface area contributed by atoms with Gasteiger partial charge in [-0.2, -0.15) is 0 Å². The molecule has 0 aliphatic heterocycles. The maximum Gasteiger partial charge on any atom is 0.341 e. The second-order valence-corrected chi connectivity index (χ2v) is 3.92. The van der Waals surface area contributed by atoms with Crippen LogP contribution in [0, 0.1) is 0 Å². The predicted octanol–water partition coefficient (Wildman–Crippen LogP) is 2.02. The Labute approximate surface area is 112 Å². The molecule has 0 aliphatic carbocycles. The van der Waals surface area contributed by atoms with Gasteiger partial charge in [0.05, 0.1) is 6.61 Å². The topological polar surface area (TPSA) is 55.8 Å². The SMILES string of the molecule is C=CC(=O)Oc1cc(N(C)C)ccc1C(=O)OCC. The zero-order valence-corrected chi connectivity index (χ0v) is 11.3. The number of anilines is 1. The molecule has 102 valence electrons. The molecule has 0 radical (unpaired) electrons. The number of carbonyl (C=O) groups excluding carboxylic acids is 2. The van der Waals surface area contributed by atoms with Crippen molar-refractivity contribution in [3.8, 4) is 5.75 Å². The average molecular weight is 263 g/mol. The summed E-state index contributed by atoms with van der Waals surface area (Å²) < 4.78 is 9.98. The molecular weight excluding hydrogens is 246 g/mol. The molecular formula is C14H17NO4. The minimum absolute atomic E-state index is 0.162. The minimum atomic E-state index is -0.624. The summed E-state index contributed by atoms with van der Waals surface area (Å²) in [5.74, 6) is -0.990. The molecule has 0 heterocycles. The lowest BCUT2D eigenvalue weighted by molar-refractivity contribution is -0.128. The molecule has 0 amide bonds. The quantitative estimate of drug-likeness (QED) is 0.462. The Bertz CT molecular complexity index is 494. The molecule has 0 spiro atoms. The van der Waals surface area contributed by atoms with Gasteiger partial charge in [-0.3, -0.25) is 0 Å². The standard InChI is InChI=1S/C14H17NO4/c1-5-13(16)19-12-9-10(15(3)4)7-8-11(12)14(17)18-6-2/h5,7-9H,1,6H2,2-4H3. The van der Waals surface area contributed by atoms with Crippen LogP contribution in [0.4, 0.5) is 5.69 Å². The normalized spacial score (nSPS) is 9.63. The number of carbonyl (C=O) groups is 2. The molecule has 0 bridgehead atoms. The molecule has 1 aromatic carbocycles. The highest BCUT2D eigenvalue weighted by Crippen LogP contribution is 2.26. The summed E-state index contributed by atoms with van der Waals surface area (Å²) in [5.41, 5.74) is 1.02. The Balaban J connectivity index is 3.17. The first-order valence-electron chi connectivity index (χ1n) is 5.82. The van der Waals surface area contributed by atoms with Crippen LogP contribution in [0.25, 0.3) is 0 Å². The smallest absolute Gasteiger partial charge is 0.341 e. The molecule has 0 saturated heterocycles. The fourth-order valence-corrected chi connectivity index (χ4v) is 1.40. The van der Waals surface area contributed by atoms with Crippen molar-refractivity contribution in [1.82, 2.24) is 0 Å². The fraction of sp³-hybridized carbons (Fsp3) is 0.286. The van der Waals surface area contributed by atoms with Crippen molar-refractivity contribution in [3.63, 3.8) is 0 Å². The first-order chi connectivity index (χ1) is 8.99. The lowest BCUT2D eigenvalue weighted by atomic mass is 10.1. The third-order valence-electron chi connectivity index (χ3n) is 2.35. The Hall–Kier alpha value is -2.30. The molecule has 0 saturated carbocycles. The van der Waals surface area contributed by atoms with Gasteiger partial charge in [-0.05, 0) is 19.1 Å². The van der Waals surface area contributed by atoms with Crippen LogP contribution in [0.2, 0.25) is 0 Å². The van der Waals surface area contributed by atoms with Gasteiger partial charge in [-0.1, -0.05) is 6.58 Å². The van der Waals surface area contributed by atoms with Crippen LogP contribution >= 0.6 is 0 Å². The molecule has 1 rings (SSSR count). The van der Waals surface area contributed by atoms with E-state index >= 15 is 0 Å². The van der Waals surface area contributed by atoms with E-state index in [1.165, 1.54) is 0 Å². The summed E-state index contributed by atoms with van der Waals surface area (Å²) in [7, 11) is 3.69. The first-order valence-corrected chi connectivity index (χ1v) is 5.82. The van der Waals surface area contributed by atoms with Crippen LogP contribution in [-0.4, -0.2) is 32.6 Å². The van der Waals surface area contributed by atoms with Gasteiger partial charge in [-0.15, -0.1) is 0 Å². The summed E-state index contributed by atoms with van der Waals surface area (Å²) in [6.45, 7) is 5.29. The number of ether oxygens (including phenoxy) is 2. The van der Waals surface area contributed by atoms with Crippen LogP contribution in [0.15, 0.2) is 30.9 Å². The molecule has 5 heteroatoms. The van der Waals surface area contributed by atoms with Crippen molar-refractivity contribution in [3.05, 3.63) is 36.4 Å². The fourth-order valence-electron chi connectivity index (χ4n) is 1.40. The highest BCUT2D eigenvalue weighted by molar-refractivity contribution is 5.95. The Kier molecular flexibility index (Phi) is 5.11. The van der Waals surface area contributed by atoms with Crippen molar-refractivity contribution in [1.29, 1.82) is 0 Å². The summed E-state index contributed by atoms with van der Waals surface area (Å²) in [5, 5.41) is 0. The molecule has 5 nitrogen and oxygen atoms in total. The summed E-state index contributed by atoms with van der Waals surface area (Å²) >= 11 is 0. The number of benzene rings is 1. The monoisotopic (exact) mass is 263 g/mol. The number of rotatable bonds is 5. The largest absolute Gasteiger partial charge is 0.462 e. The first kappa shape index (κ1) is 14.8. The molecule has 0 N–H and O–H groups in total. The molecule has 0 aliphatic rings. The van der Waals surface area contributed by atoms with Crippen LogP contribution in [0.1, 0.15) is 17.3 Å². The van der Waals surface area contributed by atoms with E-state index in [0.29, 0.717) is 0 Å². The van der Waals surface area contributed by atoms with E-state index in [1.807, 2.05) is 19.0 Å². The average Bonchev–Trinajstić information content (AvgIpc) is 2.38. The lowest BCUT2D eigenvalue weighted by Gasteiger charge is -2.15. The van der Waals surface area contributed by atoms with E-state index < -0.39 is 11.9 Å². The van der Waals surface area contributed by atoms with E-state index in [-0.39, 0.29) is 17.9 Å². The number of nitrogens with zero attached hydrogens (tertiary/aromatic N) is 1. The van der Waals surface area contributed by atoms with Crippen LogP contribution < -0.4 is 9.64 Å². The van der Waals surface area contributed by atoms with Crippen molar-refractivity contribution >= 4 is 17.6 Å². The molecule has 0 aromatic heterocycles.